The summed E-state index contributed by atoms with van der Waals surface area (Å²) in [6.07, 6.45) is 2.88. The summed E-state index contributed by atoms with van der Waals surface area (Å²) in [5, 5.41) is 28.1. The van der Waals surface area contributed by atoms with Crippen molar-refractivity contribution in [3.63, 3.8) is 0 Å². The molecule has 2 aromatic heterocycles. The van der Waals surface area contributed by atoms with E-state index in [-0.39, 0.29) is 84.0 Å². The summed E-state index contributed by atoms with van der Waals surface area (Å²) in [7, 11) is 4.25. The average molecular weight is 981 g/mol. The van der Waals surface area contributed by atoms with Crippen LogP contribution < -0.4 is 32.8 Å². The van der Waals surface area contributed by atoms with E-state index in [4.69, 9.17) is 46.0 Å². The van der Waals surface area contributed by atoms with Gasteiger partial charge in [0.1, 0.15) is 23.6 Å². The maximum absolute atomic E-state index is 12.5. The Morgan fingerprint density at radius 3 is 1.51 bits per heavy atom. The molecule has 2 aromatic carbocycles. The van der Waals surface area contributed by atoms with E-state index in [1.54, 1.807) is 69.6 Å². The molecule has 6 heterocycles. The zero-order valence-corrected chi connectivity index (χ0v) is 40.1. The summed E-state index contributed by atoms with van der Waals surface area (Å²) in [6.45, 7) is 5.00. The Labute approximate surface area is 410 Å². The predicted molar refractivity (Wildman–Crippen MR) is 259 cm³/mol. The second-order valence-electron chi connectivity index (χ2n) is 16.5. The van der Waals surface area contributed by atoms with Gasteiger partial charge in [0.15, 0.2) is 23.0 Å². The number of aromatic nitrogens is 4. The van der Waals surface area contributed by atoms with Gasteiger partial charge in [0.2, 0.25) is 23.0 Å². The molecular weight excluding hydrogens is 921 g/mol. The van der Waals surface area contributed by atoms with Gasteiger partial charge < -0.3 is 72.2 Å². The second kappa shape index (κ2) is 24.4. The van der Waals surface area contributed by atoms with Crippen LogP contribution >= 0.6 is 0 Å². The maximum atomic E-state index is 12.5. The van der Waals surface area contributed by atoms with Crippen LogP contribution in [0.5, 0.6) is 11.8 Å². The molecule has 12 N–H and O–H groups in total. The number of carbonyl (C=O) groups is 4. The third-order valence-electron chi connectivity index (χ3n) is 11.5. The highest BCUT2D eigenvalue weighted by atomic mass is 16.5. The monoisotopic (exact) mass is 980 g/mol. The fraction of sp³-hybridized carbons (Fsp3) is 0.429. The number of amides is 3. The first-order chi connectivity index (χ1) is 33.6. The SMILES string of the molecule is CCOC(=O)c1nc(-c2cccc(C#C[C@]3(O)CCN(C)C3=O)c2)nc(OC2CCOCC2)c1N.CN1CC[C@@](O)(C#Cc2cccc(-c3nc(OC4CCOCC4)c(N)c(C(N)=O)n3)c2)C1=O.CO.N. The van der Waals surface area contributed by atoms with Crippen molar-refractivity contribution < 1.29 is 58.2 Å². The third kappa shape index (κ3) is 13.3. The van der Waals surface area contributed by atoms with E-state index in [9.17, 15) is 29.4 Å². The lowest BCUT2D eigenvalue weighted by molar-refractivity contribution is -0.138. The van der Waals surface area contributed by atoms with Gasteiger partial charge in [-0.1, -0.05) is 47.9 Å². The fourth-order valence-corrected chi connectivity index (χ4v) is 7.54. The van der Waals surface area contributed by atoms with Crippen molar-refractivity contribution in [1.29, 1.82) is 0 Å². The number of hydrogen-bond donors (Lipinski definition) is 7. The molecule has 8 rings (SSSR count). The van der Waals surface area contributed by atoms with Gasteiger partial charge in [-0.25, -0.2) is 14.8 Å². The quantitative estimate of drug-likeness (QED) is 0.0923. The molecule has 0 spiro atoms. The number of carbonyl (C=O) groups excluding carboxylic acids is 4. The molecule has 0 bridgehead atoms. The van der Waals surface area contributed by atoms with Crippen LogP contribution in [0.4, 0.5) is 11.4 Å². The molecule has 0 unspecified atom stereocenters. The molecule has 4 saturated heterocycles. The largest absolute Gasteiger partial charge is 0.473 e. The molecule has 0 saturated carbocycles. The number of nitrogens with zero attached hydrogens (tertiary/aromatic N) is 6. The summed E-state index contributed by atoms with van der Waals surface area (Å²) < 4.78 is 27.8. The molecule has 0 radical (unpaired) electrons. The highest BCUT2D eigenvalue weighted by molar-refractivity contribution is 5.97. The zero-order chi connectivity index (χ0) is 50.6. The van der Waals surface area contributed by atoms with Crippen LogP contribution in [0.25, 0.3) is 22.8 Å². The maximum Gasteiger partial charge on any atom is 0.359 e. The van der Waals surface area contributed by atoms with Crippen LogP contribution in [-0.4, -0.2) is 159 Å². The number of aliphatic hydroxyl groups excluding tert-OH is 1. The number of esters is 1. The number of ether oxygens (including phenoxy) is 5. The number of benzene rings is 2. The molecule has 4 aromatic rings. The number of likely N-dealkylation sites (tertiary alicyclic amines) is 2. The number of aliphatic hydroxyl groups is 3. The summed E-state index contributed by atoms with van der Waals surface area (Å²) >= 11 is 0. The summed E-state index contributed by atoms with van der Waals surface area (Å²) in [6, 6.07) is 13.8. The van der Waals surface area contributed by atoms with E-state index in [1.165, 1.54) is 9.80 Å². The van der Waals surface area contributed by atoms with Gasteiger partial charge in [-0.3, -0.25) is 14.4 Å². The smallest absolute Gasteiger partial charge is 0.359 e. The summed E-state index contributed by atoms with van der Waals surface area (Å²) in [5.41, 5.74) is 16.3. The van der Waals surface area contributed by atoms with Gasteiger partial charge in [0, 0.05) is 95.1 Å². The minimum absolute atomic E-state index is 0. The van der Waals surface area contributed by atoms with E-state index in [2.05, 4.69) is 43.6 Å². The van der Waals surface area contributed by atoms with Gasteiger partial charge in [-0.05, 0) is 31.2 Å². The molecule has 22 nitrogen and oxygen atoms in total. The normalized spacial score (nSPS) is 19.8. The molecule has 4 fully saturated rings. The van der Waals surface area contributed by atoms with Gasteiger partial charge >= 0.3 is 5.97 Å². The number of hydrogen-bond acceptors (Lipinski definition) is 19. The lowest BCUT2D eigenvalue weighted by Gasteiger charge is -2.23. The van der Waals surface area contributed by atoms with Gasteiger partial charge in [-0.2, -0.15) is 9.97 Å². The number of nitrogens with two attached hydrogens (primary N) is 3. The number of rotatable bonds is 9. The van der Waals surface area contributed by atoms with Crippen molar-refractivity contribution in [2.24, 2.45) is 5.73 Å². The zero-order valence-electron chi connectivity index (χ0n) is 40.1. The lowest BCUT2D eigenvalue weighted by Crippen LogP contribution is -2.37. The van der Waals surface area contributed by atoms with E-state index < -0.39 is 34.9 Å². The van der Waals surface area contributed by atoms with Crippen LogP contribution in [0.15, 0.2) is 48.5 Å². The van der Waals surface area contributed by atoms with Gasteiger partial charge in [0.25, 0.3) is 17.7 Å². The first-order valence-corrected chi connectivity index (χ1v) is 22.6. The van der Waals surface area contributed by atoms with Crippen LogP contribution in [0.1, 0.15) is 77.6 Å². The van der Waals surface area contributed by atoms with E-state index in [1.807, 2.05) is 0 Å². The third-order valence-corrected chi connectivity index (χ3v) is 11.5. The molecule has 71 heavy (non-hydrogen) atoms. The number of likely N-dealkylation sites (N-methyl/N-ethyl adjacent to an activating group) is 2. The van der Waals surface area contributed by atoms with Crippen LogP contribution in [0.3, 0.4) is 0 Å². The molecule has 3 amide bonds. The Hall–Kier alpha value is -7.44. The van der Waals surface area contributed by atoms with Gasteiger partial charge in [-0.15, -0.1) is 0 Å². The summed E-state index contributed by atoms with van der Waals surface area (Å²) in [4.78, 5) is 69.2. The highest BCUT2D eigenvalue weighted by Crippen LogP contribution is 2.31. The average Bonchev–Trinajstić information content (AvgIpc) is 3.79. The Morgan fingerprint density at radius 2 is 1.13 bits per heavy atom. The number of anilines is 2. The molecule has 4 aliphatic heterocycles. The van der Waals surface area contributed by atoms with Crippen molar-refractivity contribution >= 4 is 35.1 Å². The van der Waals surface area contributed by atoms with Crippen molar-refractivity contribution in [1.82, 2.24) is 35.9 Å². The second-order valence-corrected chi connectivity index (χ2v) is 16.5. The van der Waals surface area contributed by atoms with Crippen LogP contribution in [-0.2, 0) is 23.8 Å². The Bertz CT molecular complexity index is 2710. The molecule has 4 aliphatic rings. The highest BCUT2D eigenvalue weighted by Gasteiger charge is 2.43. The molecular formula is C49H60N10O12. The molecule has 378 valence electrons. The standard InChI is InChI=1S/C25H28N4O6.C23H25N5O5.CH4O.H3N/c1-3-34-23(30)20-19(26)22(35-18-8-13-33-14-9-18)28-21(27-20)17-6-4-5-16(15-17)7-10-25(32)11-12-29(2)24(25)31;1-28-10-9-23(31,22(28)30)8-5-14-3-2-4-15(13-14)20-26-18(19(25)29)17(24)21(27-20)33-16-6-11-32-12-7-16;1-2;/h4-6,15,18,32H,3,8-9,11-14,26H2,1-2H3;2-4,13,16,31H,6-7,9-12,24H2,1H3,(H2,25,29);2H,1H3;1H3/t25-;23-;;/m00../s1. The molecule has 22 heteroatoms. The van der Waals surface area contributed by atoms with Crippen molar-refractivity contribution in [2.75, 3.05) is 78.8 Å². The van der Waals surface area contributed by atoms with E-state index in [0.29, 0.717) is 87.5 Å². The van der Waals surface area contributed by atoms with Crippen molar-refractivity contribution in [3.05, 3.63) is 71.0 Å². The Morgan fingerprint density at radius 1 is 0.718 bits per heavy atom. The Balaban J connectivity index is 0.000000252. The molecule has 2 atom stereocenters. The Kier molecular flexibility index (Phi) is 18.7. The van der Waals surface area contributed by atoms with Crippen molar-refractivity contribution in [3.8, 4) is 58.2 Å². The number of primary amides is 1. The summed E-state index contributed by atoms with van der Waals surface area (Å²) in [5.74, 6) is 9.39. The molecule has 0 aliphatic carbocycles. The first kappa shape index (κ1) is 54.5. The van der Waals surface area contributed by atoms with E-state index in [0.717, 1.165) is 7.11 Å². The van der Waals surface area contributed by atoms with Crippen molar-refractivity contribution in [2.45, 2.75) is 68.9 Å². The van der Waals surface area contributed by atoms with Gasteiger partial charge in [0.05, 0.1) is 33.0 Å². The first-order valence-electron chi connectivity index (χ1n) is 22.6. The minimum atomic E-state index is -1.70. The van der Waals surface area contributed by atoms with E-state index >= 15 is 0 Å². The van der Waals surface area contributed by atoms with Crippen LogP contribution in [0.2, 0.25) is 0 Å². The van der Waals surface area contributed by atoms with Crippen LogP contribution in [0, 0.1) is 23.7 Å². The number of nitrogen functional groups attached to an aromatic ring is 2. The lowest BCUT2D eigenvalue weighted by atomic mass is 10.0. The fourth-order valence-electron chi connectivity index (χ4n) is 7.54. The minimum Gasteiger partial charge on any atom is -0.473 e. The predicted octanol–water partition coefficient (Wildman–Crippen LogP) is 1.50. The topological polar surface area (TPSA) is 346 Å².